The van der Waals surface area contributed by atoms with E-state index in [1.165, 1.54) is 47.1 Å². The normalized spacial score (nSPS) is 11.7. The summed E-state index contributed by atoms with van der Waals surface area (Å²) in [4.78, 5) is 0. The Kier molecular flexibility index (Phi) is 3.98. The zero-order valence-corrected chi connectivity index (χ0v) is 20.4. The smallest absolute Gasteiger partial charge is 0.101 e. The molecule has 37 heavy (non-hydrogen) atoms. The third-order valence-electron chi connectivity index (χ3n) is 7.68. The molecule has 0 aliphatic carbocycles. The van der Waals surface area contributed by atoms with Crippen LogP contribution in [0, 0.1) is 22.7 Å². The van der Waals surface area contributed by atoms with Gasteiger partial charge < -0.3 is 0 Å². The van der Waals surface area contributed by atoms with E-state index in [2.05, 4.69) is 97.1 Å². The lowest BCUT2D eigenvalue weighted by molar-refractivity contribution is 1.45. The maximum Gasteiger partial charge on any atom is 0.101 e. The second-order valence-corrected chi connectivity index (χ2v) is 10.6. The van der Waals surface area contributed by atoms with Gasteiger partial charge in [0.05, 0.1) is 11.1 Å². The highest BCUT2D eigenvalue weighted by atomic mass is 32.1. The van der Waals surface area contributed by atoms with Crippen LogP contribution in [0.1, 0.15) is 11.1 Å². The molecule has 0 bridgehead atoms. The van der Waals surface area contributed by atoms with Gasteiger partial charge in [-0.3, -0.25) is 0 Å². The molecule has 0 aliphatic rings. The third kappa shape index (κ3) is 2.62. The minimum absolute atomic E-state index is 0.413. The van der Waals surface area contributed by atoms with E-state index in [-0.39, 0.29) is 0 Å². The molecule has 0 fully saturated rings. The molecule has 0 atom stereocenters. The van der Waals surface area contributed by atoms with E-state index in [4.69, 9.17) is 0 Å². The highest BCUT2D eigenvalue weighted by Crippen LogP contribution is 2.46. The molecule has 0 amide bonds. The zero-order valence-electron chi connectivity index (χ0n) is 19.5. The van der Waals surface area contributed by atoms with Crippen LogP contribution >= 0.6 is 11.3 Å². The van der Waals surface area contributed by atoms with Crippen LogP contribution in [0.25, 0.3) is 74.0 Å². The molecule has 0 unspecified atom stereocenters. The molecule has 0 saturated carbocycles. The Morgan fingerprint density at radius 1 is 0.405 bits per heavy atom. The Morgan fingerprint density at radius 3 is 1.51 bits per heavy atom. The van der Waals surface area contributed by atoms with E-state index in [1.54, 1.807) is 11.3 Å². The fourth-order valence-corrected chi connectivity index (χ4v) is 7.24. The molecular weight excluding hydrogens is 468 g/mol. The van der Waals surface area contributed by atoms with Gasteiger partial charge >= 0.3 is 0 Å². The number of hydrogen-bond acceptors (Lipinski definition) is 3. The predicted molar refractivity (Wildman–Crippen MR) is 156 cm³/mol. The summed E-state index contributed by atoms with van der Waals surface area (Å²) in [6.45, 7) is 0. The first-order chi connectivity index (χ1) is 18.3. The lowest BCUT2D eigenvalue weighted by Gasteiger charge is -2.17. The predicted octanol–water partition coefficient (Wildman–Crippen LogP) is 9.56. The minimum Gasteiger partial charge on any atom is -0.192 e. The molecule has 168 valence electrons. The van der Waals surface area contributed by atoms with Crippen LogP contribution in [0.5, 0.6) is 0 Å². The minimum atomic E-state index is 0.413. The van der Waals surface area contributed by atoms with Crippen molar-refractivity contribution >= 4 is 85.4 Å². The summed E-state index contributed by atoms with van der Waals surface area (Å²) in [5, 5.41) is 33.7. The van der Waals surface area contributed by atoms with Crippen LogP contribution in [0.3, 0.4) is 0 Å². The Morgan fingerprint density at radius 2 is 0.892 bits per heavy atom. The second-order valence-electron chi connectivity index (χ2n) is 9.50. The van der Waals surface area contributed by atoms with Crippen molar-refractivity contribution in [3.8, 4) is 12.1 Å². The summed E-state index contributed by atoms with van der Waals surface area (Å²) in [5.41, 5.74) is 0.827. The summed E-state index contributed by atoms with van der Waals surface area (Å²) in [6.07, 6.45) is 0. The lowest BCUT2D eigenvalue weighted by Crippen LogP contribution is -1.91. The van der Waals surface area contributed by atoms with Crippen molar-refractivity contribution in [2.45, 2.75) is 0 Å². The molecule has 2 nitrogen and oxygen atoms in total. The van der Waals surface area contributed by atoms with Gasteiger partial charge in [-0.1, -0.05) is 66.7 Å². The van der Waals surface area contributed by atoms with Gasteiger partial charge in [0.25, 0.3) is 0 Å². The largest absolute Gasteiger partial charge is 0.192 e. The number of fused-ring (bicyclic) bond motifs is 14. The molecule has 7 aromatic carbocycles. The van der Waals surface area contributed by atoms with Gasteiger partial charge in [-0.15, -0.1) is 11.3 Å². The Balaban J connectivity index is 1.78. The first-order valence-corrected chi connectivity index (χ1v) is 13.0. The standard InChI is InChI=1S/C34H16N2S/c35-17-19-13-26-27-16-32-28(23-9-5-6-12-31(23)37-32)15-30(27)34-25-11-4-2-8-22(25)21-7-1-3-10-24(21)33(34)29(26)14-20(19)18-36/h1-16H. The molecule has 1 aromatic heterocycles. The number of benzene rings is 7. The Bertz CT molecular complexity index is 2380. The van der Waals surface area contributed by atoms with Gasteiger partial charge in [-0.2, -0.15) is 10.5 Å². The highest BCUT2D eigenvalue weighted by molar-refractivity contribution is 7.25. The number of nitrogens with zero attached hydrogens (tertiary/aromatic N) is 2. The maximum absolute atomic E-state index is 9.90. The number of hydrogen-bond donors (Lipinski definition) is 0. The first kappa shape index (κ1) is 20.3. The van der Waals surface area contributed by atoms with Gasteiger partial charge in [-0.05, 0) is 84.2 Å². The lowest BCUT2D eigenvalue weighted by atomic mass is 9.85. The van der Waals surface area contributed by atoms with Gasteiger partial charge in [0, 0.05) is 20.2 Å². The summed E-state index contributed by atoms with van der Waals surface area (Å²) in [5.74, 6) is 0. The SMILES string of the molecule is N#Cc1cc2c3cc4sc5ccccc5c4cc3c3c4ccccc4c4ccccc4c3c2cc1C#N. The van der Waals surface area contributed by atoms with E-state index in [0.717, 1.165) is 26.9 Å². The molecule has 3 heteroatoms. The fourth-order valence-electron chi connectivity index (χ4n) is 6.12. The molecular formula is C34H16N2S. The van der Waals surface area contributed by atoms with Crippen molar-refractivity contribution in [3.63, 3.8) is 0 Å². The number of rotatable bonds is 0. The average Bonchev–Trinajstić information content (AvgIpc) is 3.32. The van der Waals surface area contributed by atoms with E-state index < -0.39 is 0 Å². The summed E-state index contributed by atoms with van der Waals surface area (Å²) < 4.78 is 2.49. The van der Waals surface area contributed by atoms with Crippen molar-refractivity contribution < 1.29 is 0 Å². The van der Waals surface area contributed by atoms with Crippen LogP contribution in [-0.4, -0.2) is 0 Å². The molecule has 0 saturated heterocycles. The van der Waals surface area contributed by atoms with Gasteiger partial charge in [-0.25, -0.2) is 0 Å². The zero-order chi connectivity index (χ0) is 24.7. The van der Waals surface area contributed by atoms with Crippen molar-refractivity contribution in [1.29, 1.82) is 10.5 Å². The van der Waals surface area contributed by atoms with Gasteiger partial charge in [0.15, 0.2) is 0 Å². The topological polar surface area (TPSA) is 47.6 Å². The Hall–Kier alpha value is -4.96. The van der Waals surface area contributed by atoms with Crippen molar-refractivity contribution in [2.24, 2.45) is 0 Å². The quantitative estimate of drug-likeness (QED) is 0.201. The molecule has 0 radical (unpaired) electrons. The first-order valence-electron chi connectivity index (χ1n) is 12.1. The van der Waals surface area contributed by atoms with Crippen LogP contribution in [0.15, 0.2) is 97.1 Å². The van der Waals surface area contributed by atoms with Crippen molar-refractivity contribution in [2.75, 3.05) is 0 Å². The van der Waals surface area contributed by atoms with Crippen LogP contribution in [0.4, 0.5) is 0 Å². The van der Waals surface area contributed by atoms with E-state index in [1.807, 2.05) is 12.1 Å². The molecule has 0 spiro atoms. The van der Waals surface area contributed by atoms with Crippen LogP contribution in [-0.2, 0) is 0 Å². The summed E-state index contributed by atoms with van der Waals surface area (Å²) >= 11 is 1.80. The molecule has 1 heterocycles. The molecule has 8 aromatic rings. The highest BCUT2D eigenvalue weighted by Gasteiger charge is 2.19. The molecule has 0 aliphatic heterocycles. The fraction of sp³-hybridized carbons (Fsp3) is 0. The van der Waals surface area contributed by atoms with Crippen molar-refractivity contribution in [3.05, 3.63) is 108 Å². The second kappa shape index (κ2) is 7.28. The van der Waals surface area contributed by atoms with E-state index in [0.29, 0.717) is 11.1 Å². The number of thiophene rings is 1. The maximum atomic E-state index is 9.90. The van der Waals surface area contributed by atoms with Gasteiger partial charge in [0.2, 0.25) is 0 Å². The number of nitriles is 2. The Labute approximate surface area is 215 Å². The monoisotopic (exact) mass is 484 g/mol. The van der Waals surface area contributed by atoms with E-state index in [9.17, 15) is 10.5 Å². The van der Waals surface area contributed by atoms with Crippen molar-refractivity contribution in [1.82, 2.24) is 0 Å². The summed E-state index contributed by atoms with van der Waals surface area (Å²) in [6, 6.07) is 38.7. The molecule has 8 rings (SSSR count). The average molecular weight is 485 g/mol. The molecule has 0 N–H and O–H groups in total. The van der Waals surface area contributed by atoms with Crippen LogP contribution in [0.2, 0.25) is 0 Å². The van der Waals surface area contributed by atoms with Gasteiger partial charge in [0.1, 0.15) is 12.1 Å². The summed E-state index contributed by atoms with van der Waals surface area (Å²) in [7, 11) is 0. The third-order valence-corrected chi connectivity index (χ3v) is 8.81. The van der Waals surface area contributed by atoms with E-state index >= 15 is 0 Å². The van der Waals surface area contributed by atoms with Crippen LogP contribution < -0.4 is 0 Å².